The van der Waals surface area contributed by atoms with Crippen LogP contribution in [0.4, 0.5) is 11.4 Å². The second kappa shape index (κ2) is 10.5. The van der Waals surface area contributed by atoms with Gasteiger partial charge in [0.2, 0.25) is 11.8 Å². The summed E-state index contributed by atoms with van der Waals surface area (Å²) < 4.78 is 0. The highest BCUT2D eigenvalue weighted by Gasteiger charge is 2.16. The number of nitrogens with one attached hydrogen (secondary N) is 2. The molecule has 2 aromatic carbocycles. The van der Waals surface area contributed by atoms with Gasteiger partial charge < -0.3 is 15.7 Å². The van der Waals surface area contributed by atoms with Gasteiger partial charge in [-0.25, -0.2) is 4.79 Å². The van der Waals surface area contributed by atoms with E-state index < -0.39 is 11.2 Å². The lowest BCUT2D eigenvalue weighted by Crippen LogP contribution is -2.22. The topological polar surface area (TPSA) is 95.5 Å². The summed E-state index contributed by atoms with van der Waals surface area (Å²) in [5, 5.41) is 14.2. The van der Waals surface area contributed by atoms with E-state index in [1.807, 2.05) is 31.2 Å². The minimum atomic E-state index is -1.05. The monoisotopic (exact) mass is 400 g/mol. The van der Waals surface area contributed by atoms with Crippen LogP contribution < -0.4 is 10.6 Å². The van der Waals surface area contributed by atoms with E-state index in [9.17, 15) is 14.4 Å². The van der Waals surface area contributed by atoms with Gasteiger partial charge in [-0.15, -0.1) is 11.8 Å². The molecule has 0 aliphatic heterocycles. The van der Waals surface area contributed by atoms with E-state index in [1.165, 1.54) is 23.9 Å². The van der Waals surface area contributed by atoms with Gasteiger partial charge in [0.25, 0.3) is 0 Å². The Labute approximate surface area is 168 Å². The van der Waals surface area contributed by atoms with Crippen molar-refractivity contribution < 1.29 is 19.5 Å². The first-order chi connectivity index (χ1) is 13.4. The fourth-order valence-corrected chi connectivity index (χ4v) is 3.37. The molecule has 1 unspecified atom stereocenters. The largest absolute Gasteiger partial charge is 0.478 e. The van der Waals surface area contributed by atoms with Crippen molar-refractivity contribution in [2.24, 2.45) is 0 Å². The molecule has 28 heavy (non-hydrogen) atoms. The Morgan fingerprint density at radius 1 is 1.04 bits per heavy atom. The Balaban J connectivity index is 1.96. The van der Waals surface area contributed by atoms with Gasteiger partial charge in [0.15, 0.2) is 0 Å². The Hall–Kier alpha value is -2.80. The third-order valence-corrected chi connectivity index (χ3v) is 5.03. The normalized spacial score (nSPS) is 11.5. The third kappa shape index (κ3) is 6.74. The molecule has 2 rings (SSSR count). The van der Waals surface area contributed by atoms with Crippen molar-refractivity contribution in [3.05, 3.63) is 54.1 Å². The van der Waals surface area contributed by atoms with Crippen LogP contribution in [0.5, 0.6) is 0 Å². The number of benzene rings is 2. The van der Waals surface area contributed by atoms with Crippen molar-refractivity contribution >= 4 is 40.9 Å². The van der Waals surface area contributed by atoms with E-state index in [0.717, 1.165) is 17.7 Å². The highest BCUT2D eigenvalue weighted by Crippen LogP contribution is 2.27. The number of thioether (sulfide) groups is 1. The lowest BCUT2D eigenvalue weighted by molar-refractivity contribution is -0.116. The number of carbonyl (C=O) groups excluding carboxylic acids is 2. The Morgan fingerprint density at radius 2 is 1.71 bits per heavy atom. The van der Waals surface area contributed by atoms with Crippen molar-refractivity contribution in [3.63, 3.8) is 0 Å². The molecule has 0 aliphatic rings. The first-order valence-corrected chi connectivity index (χ1v) is 9.97. The van der Waals surface area contributed by atoms with E-state index in [4.69, 9.17) is 5.11 Å². The van der Waals surface area contributed by atoms with Gasteiger partial charge in [0.05, 0.1) is 10.8 Å². The number of amides is 2. The van der Waals surface area contributed by atoms with Gasteiger partial charge in [-0.2, -0.15) is 0 Å². The highest BCUT2D eigenvalue weighted by atomic mass is 32.2. The SMILES string of the molecule is CCCCC(=O)Nc1cccc(SC(C)C(=O)Nc2cccc(C(=O)O)c2)c1. The van der Waals surface area contributed by atoms with Gasteiger partial charge >= 0.3 is 5.97 Å². The van der Waals surface area contributed by atoms with Crippen LogP contribution in [0.1, 0.15) is 43.5 Å². The zero-order chi connectivity index (χ0) is 20.5. The Kier molecular flexibility index (Phi) is 8.07. The van der Waals surface area contributed by atoms with Crippen molar-refractivity contribution in [2.75, 3.05) is 10.6 Å². The fraction of sp³-hybridized carbons (Fsp3) is 0.286. The molecule has 0 spiro atoms. The lowest BCUT2D eigenvalue weighted by atomic mass is 10.2. The van der Waals surface area contributed by atoms with E-state index >= 15 is 0 Å². The van der Waals surface area contributed by atoms with Gasteiger partial charge in [0, 0.05) is 22.7 Å². The average molecular weight is 401 g/mol. The summed E-state index contributed by atoms with van der Waals surface area (Å²) in [5.41, 5.74) is 1.26. The molecule has 1 atom stereocenters. The molecule has 7 heteroatoms. The summed E-state index contributed by atoms with van der Waals surface area (Å²) in [6, 6.07) is 13.5. The second-order valence-corrected chi connectivity index (χ2v) is 7.73. The van der Waals surface area contributed by atoms with Gasteiger partial charge in [-0.3, -0.25) is 9.59 Å². The molecule has 2 amide bonds. The molecule has 148 valence electrons. The molecule has 3 N–H and O–H groups in total. The maximum Gasteiger partial charge on any atom is 0.335 e. The molecule has 0 bridgehead atoms. The summed E-state index contributed by atoms with van der Waals surface area (Å²) in [5.74, 6) is -1.30. The Morgan fingerprint density at radius 3 is 2.39 bits per heavy atom. The number of unbranched alkanes of at least 4 members (excludes halogenated alkanes) is 1. The average Bonchev–Trinajstić information content (AvgIpc) is 2.66. The number of carbonyl (C=O) groups is 3. The lowest BCUT2D eigenvalue weighted by Gasteiger charge is -2.13. The maximum atomic E-state index is 12.4. The van der Waals surface area contributed by atoms with Crippen LogP contribution in [0.25, 0.3) is 0 Å². The van der Waals surface area contributed by atoms with Crippen molar-refractivity contribution in [1.82, 2.24) is 0 Å². The third-order valence-electron chi connectivity index (χ3n) is 3.93. The minimum absolute atomic E-state index is 0.0203. The standard InChI is InChI=1S/C21H24N2O4S/c1-3-4-11-19(24)22-17-9-6-10-18(13-17)28-14(2)20(25)23-16-8-5-7-15(12-16)21(26)27/h5-10,12-14H,3-4,11H2,1-2H3,(H,22,24)(H,23,25)(H,26,27). The molecular formula is C21H24N2O4S. The van der Waals surface area contributed by atoms with Crippen LogP contribution in [0.15, 0.2) is 53.4 Å². The Bertz CT molecular complexity index is 854. The number of anilines is 2. The first-order valence-electron chi connectivity index (χ1n) is 9.10. The minimum Gasteiger partial charge on any atom is -0.478 e. The van der Waals surface area contributed by atoms with Crippen LogP contribution in [0.2, 0.25) is 0 Å². The quantitative estimate of drug-likeness (QED) is 0.533. The maximum absolute atomic E-state index is 12.4. The predicted molar refractivity (Wildman–Crippen MR) is 112 cm³/mol. The number of rotatable bonds is 9. The van der Waals surface area contributed by atoms with Crippen molar-refractivity contribution in [1.29, 1.82) is 0 Å². The van der Waals surface area contributed by atoms with Crippen LogP contribution >= 0.6 is 11.8 Å². The zero-order valence-corrected chi connectivity index (χ0v) is 16.7. The van der Waals surface area contributed by atoms with Crippen LogP contribution in [0, 0.1) is 0 Å². The van der Waals surface area contributed by atoms with Crippen LogP contribution in [-0.4, -0.2) is 28.1 Å². The van der Waals surface area contributed by atoms with Crippen LogP contribution in [0.3, 0.4) is 0 Å². The zero-order valence-electron chi connectivity index (χ0n) is 15.9. The molecule has 6 nitrogen and oxygen atoms in total. The number of carboxylic acid groups (broad SMARTS) is 1. The number of hydrogen-bond donors (Lipinski definition) is 3. The first kappa shape index (κ1) is 21.5. The molecule has 0 aromatic heterocycles. The molecule has 0 heterocycles. The summed E-state index contributed by atoms with van der Waals surface area (Å²) in [4.78, 5) is 36.2. The molecule has 0 radical (unpaired) electrons. The van der Waals surface area contributed by atoms with E-state index in [1.54, 1.807) is 19.1 Å². The van der Waals surface area contributed by atoms with Gasteiger partial charge in [-0.1, -0.05) is 25.5 Å². The predicted octanol–water partition coefficient (Wildman–Crippen LogP) is 4.63. The highest BCUT2D eigenvalue weighted by molar-refractivity contribution is 8.00. The fourth-order valence-electron chi connectivity index (χ4n) is 2.44. The number of carboxylic acids is 1. The number of hydrogen-bond acceptors (Lipinski definition) is 4. The van der Waals surface area contributed by atoms with Gasteiger partial charge in [0.1, 0.15) is 0 Å². The molecule has 0 saturated heterocycles. The van der Waals surface area contributed by atoms with Crippen molar-refractivity contribution in [3.8, 4) is 0 Å². The van der Waals surface area contributed by atoms with E-state index in [-0.39, 0.29) is 17.4 Å². The molecular weight excluding hydrogens is 376 g/mol. The van der Waals surface area contributed by atoms with Gasteiger partial charge in [-0.05, 0) is 49.7 Å². The summed E-state index contributed by atoms with van der Waals surface area (Å²) in [6.07, 6.45) is 2.30. The summed E-state index contributed by atoms with van der Waals surface area (Å²) >= 11 is 1.36. The van der Waals surface area contributed by atoms with Crippen molar-refractivity contribution in [2.45, 2.75) is 43.3 Å². The van der Waals surface area contributed by atoms with E-state index in [2.05, 4.69) is 10.6 Å². The summed E-state index contributed by atoms with van der Waals surface area (Å²) in [6.45, 7) is 3.81. The molecule has 2 aromatic rings. The van der Waals surface area contributed by atoms with Crippen LogP contribution in [-0.2, 0) is 9.59 Å². The summed E-state index contributed by atoms with van der Waals surface area (Å²) in [7, 11) is 0. The molecule has 0 fully saturated rings. The molecule has 0 saturated carbocycles. The van der Waals surface area contributed by atoms with E-state index in [0.29, 0.717) is 17.8 Å². The smallest absolute Gasteiger partial charge is 0.335 e. The molecule has 0 aliphatic carbocycles. The second-order valence-electron chi connectivity index (χ2n) is 6.31. The number of aromatic carboxylic acids is 1.